The molecule has 3 rings (SSSR count). The molecule has 1 unspecified atom stereocenters. The summed E-state index contributed by atoms with van der Waals surface area (Å²) in [6.07, 6.45) is 3.98. The van der Waals surface area contributed by atoms with Gasteiger partial charge in [0.25, 0.3) is 5.91 Å². The van der Waals surface area contributed by atoms with Gasteiger partial charge in [0.05, 0.1) is 0 Å². The first-order valence-corrected chi connectivity index (χ1v) is 8.58. The summed E-state index contributed by atoms with van der Waals surface area (Å²) in [4.78, 5) is 25.7. The van der Waals surface area contributed by atoms with Crippen molar-refractivity contribution >= 4 is 24.2 Å². The standard InChI is InChI=1S/C18H25N3O2.ClH/c22-17-4-2-10-21(17)13-14-5-7-16(8-6-14)18(23)20-12-15-3-1-9-19-11-15;/h5-8,15,19H,1-4,9-13H2,(H,20,23);1H. The van der Waals surface area contributed by atoms with Gasteiger partial charge in [-0.3, -0.25) is 9.59 Å². The van der Waals surface area contributed by atoms with E-state index < -0.39 is 0 Å². The van der Waals surface area contributed by atoms with Gasteiger partial charge in [0.1, 0.15) is 0 Å². The van der Waals surface area contributed by atoms with Gasteiger partial charge in [-0.1, -0.05) is 12.1 Å². The molecular formula is C18H26ClN3O2. The van der Waals surface area contributed by atoms with Crippen LogP contribution in [-0.4, -0.2) is 42.9 Å². The topological polar surface area (TPSA) is 61.4 Å². The number of halogens is 1. The quantitative estimate of drug-likeness (QED) is 0.852. The molecule has 5 nitrogen and oxygen atoms in total. The summed E-state index contributed by atoms with van der Waals surface area (Å²) in [6, 6.07) is 7.60. The number of amides is 2. The van der Waals surface area contributed by atoms with Gasteiger partial charge in [-0.2, -0.15) is 0 Å². The molecule has 1 atom stereocenters. The third kappa shape index (κ3) is 4.95. The number of carbonyl (C=O) groups is 2. The van der Waals surface area contributed by atoms with E-state index in [2.05, 4.69) is 10.6 Å². The number of nitrogens with one attached hydrogen (secondary N) is 2. The SMILES string of the molecule is Cl.O=C(NCC1CCCNC1)c1ccc(CN2CCCC2=O)cc1. The molecule has 2 aliphatic heterocycles. The Balaban J connectivity index is 0.00000208. The summed E-state index contributed by atoms with van der Waals surface area (Å²) < 4.78 is 0. The lowest BCUT2D eigenvalue weighted by molar-refractivity contribution is -0.128. The van der Waals surface area contributed by atoms with Gasteiger partial charge in [-0.25, -0.2) is 0 Å². The number of piperidine rings is 1. The van der Waals surface area contributed by atoms with Crippen molar-refractivity contribution in [3.63, 3.8) is 0 Å². The van der Waals surface area contributed by atoms with E-state index in [4.69, 9.17) is 0 Å². The maximum Gasteiger partial charge on any atom is 0.251 e. The zero-order chi connectivity index (χ0) is 16.1. The normalized spacial score (nSPS) is 20.6. The Morgan fingerprint density at radius 1 is 1.25 bits per heavy atom. The molecule has 2 aliphatic rings. The van der Waals surface area contributed by atoms with Crippen molar-refractivity contribution in [2.45, 2.75) is 32.2 Å². The summed E-state index contributed by atoms with van der Waals surface area (Å²) in [5, 5.41) is 6.39. The van der Waals surface area contributed by atoms with Crippen LogP contribution in [0.25, 0.3) is 0 Å². The number of likely N-dealkylation sites (tertiary alicyclic amines) is 1. The maximum absolute atomic E-state index is 12.2. The summed E-state index contributed by atoms with van der Waals surface area (Å²) >= 11 is 0. The van der Waals surface area contributed by atoms with Gasteiger partial charge in [-0.05, 0) is 56.0 Å². The molecule has 2 heterocycles. The van der Waals surface area contributed by atoms with E-state index >= 15 is 0 Å². The van der Waals surface area contributed by atoms with Crippen molar-refractivity contribution in [1.29, 1.82) is 0 Å². The number of benzene rings is 1. The van der Waals surface area contributed by atoms with Crippen molar-refractivity contribution < 1.29 is 9.59 Å². The molecule has 1 aromatic carbocycles. The molecule has 0 saturated carbocycles. The number of carbonyl (C=O) groups excluding carboxylic acids is 2. The first-order valence-electron chi connectivity index (χ1n) is 8.58. The molecule has 0 radical (unpaired) electrons. The van der Waals surface area contributed by atoms with E-state index in [1.54, 1.807) is 0 Å². The summed E-state index contributed by atoms with van der Waals surface area (Å²) in [6.45, 7) is 4.30. The molecule has 0 aliphatic carbocycles. The Hall–Kier alpha value is -1.59. The van der Waals surface area contributed by atoms with E-state index in [-0.39, 0.29) is 24.2 Å². The fourth-order valence-electron chi connectivity index (χ4n) is 3.29. The van der Waals surface area contributed by atoms with Gasteiger partial charge in [0.15, 0.2) is 0 Å². The predicted octanol–water partition coefficient (Wildman–Crippen LogP) is 1.96. The lowest BCUT2D eigenvalue weighted by atomic mass is 9.99. The summed E-state index contributed by atoms with van der Waals surface area (Å²) in [7, 11) is 0. The minimum atomic E-state index is -0.0145. The molecule has 132 valence electrons. The van der Waals surface area contributed by atoms with E-state index in [1.807, 2.05) is 29.2 Å². The minimum absolute atomic E-state index is 0. The Labute approximate surface area is 149 Å². The lowest BCUT2D eigenvalue weighted by Crippen LogP contribution is -2.38. The van der Waals surface area contributed by atoms with Crippen LogP contribution in [-0.2, 0) is 11.3 Å². The second-order valence-electron chi connectivity index (χ2n) is 6.54. The fourth-order valence-corrected chi connectivity index (χ4v) is 3.29. The molecule has 2 N–H and O–H groups in total. The lowest BCUT2D eigenvalue weighted by Gasteiger charge is -2.22. The highest BCUT2D eigenvalue weighted by Gasteiger charge is 2.20. The maximum atomic E-state index is 12.2. The van der Waals surface area contributed by atoms with Crippen LogP contribution in [0, 0.1) is 5.92 Å². The Morgan fingerprint density at radius 2 is 2.04 bits per heavy atom. The van der Waals surface area contributed by atoms with Crippen LogP contribution >= 0.6 is 12.4 Å². The Kier molecular flexibility index (Phi) is 7.06. The third-order valence-corrected chi connectivity index (χ3v) is 4.71. The molecule has 0 spiro atoms. The van der Waals surface area contributed by atoms with Crippen LogP contribution < -0.4 is 10.6 Å². The molecule has 0 aromatic heterocycles. The van der Waals surface area contributed by atoms with Gasteiger partial charge in [0.2, 0.25) is 5.91 Å². The Bertz CT molecular complexity index is 556. The van der Waals surface area contributed by atoms with Crippen molar-refractivity contribution in [2.75, 3.05) is 26.2 Å². The smallest absolute Gasteiger partial charge is 0.251 e. The molecule has 2 saturated heterocycles. The van der Waals surface area contributed by atoms with Crippen LogP contribution in [0.1, 0.15) is 41.6 Å². The summed E-state index contributed by atoms with van der Waals surface area (Å²) in [5.41, 5.74) is 1.76. The zero-order valence-electron chi connectivity index (χ0n) is 13.9. The average molecular weight is 352 g/mol. The van der Waals surface area contributed by atoms with Crippen LogP contribution in [0.3, 0.4) is 0 Å². The molecule has 2 fully saturated rings. The van der Waals surface area contributed by atoms with E-state index in [9.17, 15) is 9.59 Å². The van der Waals surface area contributed by atoms with Crippen molar-refractivity contribution in [3.05, 3.63) is 35.4 Å². The highest BCUT2D eigenvalue weighted by atomic mass is 35.5. The molecule has 24 heavy (non-hydrogen) atoms. The van der Waals surface area contributed by atoms with E-state index in [1.165, 1.54) is 12.8 Å². The average Bonchev–Trinajstić information content (AvgIpc) is 2.99. The third-order valence-electron chi connectivity index (χ3n) is 4.71. The predicted molar refractivity (Wildman–Crippen MR) is 96.3 cm³/mol. The largest absolute Gasteiger partial charge is 0.352 e. The zero-order valence-corrected chi connectivity index (χ0v) is 14.7. The van der Waals surface area contributed by atoms with Crippen LogP contribution in [0.5, 0.6) is 0 Å². The van der Waals surface area contributed by atoms with Gasteiger partial charge >= 0.3 is 0 Å². The molecular weight excluding hydrogens is 326 g/mol. The summed E-state index contributed by atoms with van der Waals surface area (Å²) in [5.74, 6) is 0.750. The fraction of sp³-hybridized carbons (Fsp3) is 0.556. The number of rotatable bonds is 5. The number of hydrogen-bond donors (Lipinski definition) is 2. The van der Waals surface area contributed by atoms with Gasteiger partial charge in [0, 0.05) is 31.6 Å². The first-order chi connectivity index (χ1) is 11.2. The molecule has 1 aromatic rings. The number of nitrogens with zero attached hydrogens (tertiary/aromatic N) is 1. The van der Waals surface area contributed by atoms with Crippen LogP contribution in [0.15, 0.2) is 24.3 Å². The van der Waals surface area contributed by atoms with Crippen LogP contribution in [0.2, 0.25) is 0 Å². The van der Waals surface area contributed by atoms with E-state index in [0.717, 1.165) is 38.2 Å². The van der Waals surface area contributed by atoms with Gasteiger partial charge < -0.3 is 15.5 Å². The number of hydrogen-bond acceptors (Lipinski definition) is 3. The molecule has 2 amide bonds. The monoisotopic (exact) mass is 351 g/mol. The van der Waals surface area contributed by atoms with Gasteiger partial charge in [-0.15, -0.1) is 12.4 Å². The molecule has 6 heteroatoms. The highest BCUT2D eigenvalue weighted by Crippen LogP contribution is 2.15. The second-order valence-corrected chi connectivity index (χ2v) is 6.54. The first kappa shape index (κ1) is 18.7. The molecule has 0 bridgehead atoms. The van der Waals surface area contributed by atoms with E-state index in [0.29, 0.717) is 24.4 Å². The van der Waals surface area contributed by atoms with Crippen LogP contribution in [0.4, 0.5) is 0 Å². The van der Waals surface area contributed by atoms with Crippen molar-refractivity contribution in [2.24, 2.45) is 5.92 Å². The Morgan fingerprint density at radius 3 is 2.67 bits per heavy atom. The van der Waals surface area contributed by atoms with Crippen molar-refractivity contribution in [3.8, 4) is 0 Å². The van der Waals surface area contributed by atoms with Crippen molar-refractivity contribution in [1.82, 2.24) is 15.5 Å². The second kappa shape index (κ2) is 9.04. The minimum Gasteiger partial charge on any atom is -0.352 e. The highest BCUT2D eigenvalue weighted by molar-refractivity contribution is 5.94.